The molecule has 0 radical (unpaired) electrons. The van der Waals surface area contributed by atoms with E-state index in [0.29, 0.717) is 0 Å². The van der Waals surface area contributed by atoms with E-state index in [4.69, 9.17) is 17.3 Å². The highest BCUT2D eigenvalue weighted by molar-refractivity contribution is 4.99. The van der Waals surface area contributed by atoms with Gasteiger partial charge in [-0.2, -0.15) is 0 Å². The molecule has 0 fully saturated rings. The second-order valence-corrected chi connectivity index (χ2v) is 2.43. The number of terminal acetylenes is 1. The largest absolute Gasteiger partial charge is 0.379 e. The molecular weight excluding hydrogens is 114 g/mol. The summed E-state index contributed by atoms with van der Waals surface area (Å²) in [6, 6.07) is -0.296. The summed E-state index contributed by atoms with van der Waals surface area (Å²) in [5.41, 5.74) is 5.48. The van der Waals surface area contributed by atoms with Crippen molar-refractivity contribution in [1.29, 1.82) is 0 Å². The SMILES string of the molecule is C#CC(O)C(N)C(C)C. The van der Waals surface area contributed by atoms with Crippen molar-refractivity contribution in [2.24, 2.45) is 11.7 Å². The zero-order valence-electron chi connectivity index (χ0n) is 5.83. The third kappa shape index (κ3) is 2.50. The number of hydrogen-bond donors (Lipinski definition) is 2. The van der Waals surface area contributed by atoms with E-state index in [9.17, 15) is 0 Å². The Morgan fingerprint density at radius 3 is 2.11 bits per heavy atom. The molecule has 0 aromatic carbocycles. The molecule has 0 aliphatic carbocycles. The van der Waals surface area contributed by atoms with Gasteiger partial charge in [-0.15, -0.1) is 6.42 Å². The van der Waals surface area contributed by atoms with Crippen LogP contribution in [0.4, 0.5) is 0 Å². The van der Waals surface area contributed by atoms with Crippen LogP contribution in [-0.2, 0) is 0 Å². The standard InChI is InChI=1S/C7H13NO/c1-4-6(9)7(8)5(2)3/h1,5-7,9H,8H2,2-3H3. The molecule has 0 rings (SSSR count). The minimum absolute atomic E-state index is 0.232. The fourth-order valence-corrected chi connectivity index (χ4v) is 0.476. The van der Waals surface area contributed by atoms with Crippen molar-refractivity contribution in [3.05, 3.63) is 0 Å². The van der Waals surface area contributed by atoms with Gasteiger partial charge in [0, 0.05) is 6.04 Å². The molecule has 0 amide bonds. The van der Waals surface area contributed by atoms with E-state index >= 15 is 0 Å². The Bertz CT molecular complexity index is 115. The van der Waals surface area contributed by atoms with Gasteiger partial charge in [0.15, 0.2) is 0 Å². The van der Waals surface area contributed by atoms with Crippen LogP contribution in [0.2, 0.25) is 0 Å². The molecule has 0 saturated carbocycles. The lowest BCUT2D eigenvalue weighted by atomic mass is 10.0. The highest BCUT2D eigenvalue weighted by Crippen LogP contribution is 2.01. The van der Waals surface area contributed by atoms with Gasteiger partial charge < -0.3 is 10.8 Å². The molecule has 0 aromatic rings. The molecule has 2 atom stereocenters. The maximum absolute atomic E-state index is 8.94. The van der Waals surface area contributed by atoms with Gasteiger partial charge in [-0.3, -0.25) is 0 Å². The highest BCUT2D eigenvalue weighted by atomic mass is 16.3. The number of hydrogen-bond acceptors (Lipinski definition) is 2. The van der Waals surface area contributed by atoms with Crippen LogP contribution in [0.25, 0.3) is 0 Å². The summed E-state index contributed by atoms with van der Waals surface area (Å²) in [7, 11) is 0. The average Bonchev–Trinajstić information content (AvgIpc) is 1.84. The Kier molecular flexibility index (Phi) is 3.29. The third-order valence-electron chi connectivity index (χ3n) is 1.31. The molecule has 0 aliphatic rings. The summed E-state index contributed by atoms with van der Waals surface area (Å²) < 4.78 is 0. The molecule has 9 heavy (non-hydrogen) atoms. The van der Waals surface area contributed by atoms with Crippen molar-refractivity contribution in [1.82, 2.24) is 0 Å². The number of nitrogens with two attached hydrogens (primary N) is 1. The lowest BCUT2D eigenvalue weighted by Crippen LogP contribution is -2.38. The molecule has 2 heteroatoms. The molecule has 0 aromatic heterocycles. The van der Waals surface area contributed by atoms with Gasteiger partial charge in [-0.1, -0.05) is 19.8 Å². The Labute approximate surface area is 56.1 Å². The number of rotatable bonds is 2. The first-order chi connectivity index (χ1) is 4.09. The quantitative estimate of drug-likeness (QED) is 0.511. The van der Waals surface area contributed by atoms with Gasteiger partial charge in [-0.05, 0) is 5.92 Å². The van der Waals surface area contributed by atoms with E-state index in [0.717, 1.165) is 0 Å². The van der Waals surface area contributed by atoms with Gasteiger partial charge in [0.2, 0.25) is 0 Å². The predicted octanol–water partition coefficient (Wildman–Crippen LogP) is -0.0362. The summed E-state index contributed by atoms with van der Waals surface area (Å²) in [6.45, 7) is 3.84. The van der Waals surface area contributed by atoms with Crippen LogP contribution >= 0.6 is 0 Å². The zero-order valence-corrected chi connectivity index (χ0v) is 5.83. The van der Waals surface area contributed by atoms with Crippen LogP contribution < -0.4 is 5.73 Å². The van der Waals surface area contributed by atoms with Crippen molar-refractivity contribution < 1.29 is 5.11 Å². The first-order valence-corrected chi connectivity index (χ1v) is 2.99. The second-order valence-electron chi connectivity index (χ2n) is 2.43. The van der Waals surface area contributed by atoms with Crippen LogP contribution in [0.3, 0.4) is 0 Å². The van der Waals surface area contributed by atoms with Crippen molar-refractivity contribution in [3.63, 3.8) is 0 Å². The van der Waals surface area contributed by atoms with Crippen LogP contribution in [-0.4, -0.2) is 17.3 Å². The van der Waals surface area contributed by atoms with Gasteiger partial charge in [0.1, 0.15) is 6.10 Å². The van der Waals surface area contributed by atoms with Gasteiger partial charge in [-0.25, -0.2) is 0 Å². The Morgan fingerprint density at radius 1 is 1.56 bits per heavy atom. The van der Waals surface area contributed by atoms with Crippen molar-refractivity contribution >= 4 is 0 Å². The first-order valence-electron chi connectivity index (χ1n) is 2.99. The molecule has 0 heterocycles. The Hall–Kier alpha value is -0.520. The maximum atomic E-state index is 8.94. The molecule has 0 bridgehead atoms. The maximum Gasteiger partial charge on any atom is 0.129 e. The summed E-state index contributed by atoms with van der Waals surface area (Å²) in [5.74, 6) is 2.41. The molecule has 2 nitrogen and oxygen atoms in total. The molecule has 0 spiro atoms. The lowest BCUT2D eigenvalue weighted by Gasteiger charge is -2.16. The van der Waals surface area contributed by atoms with Crippen LogP contribution in [0.15, 0.2) is 0 Å². The van der Waals surface area contributed by atoms with Crippen molar-refractivity contribution in [2.45, 2.75) is 26.0 Å². The average molecular weight is 127 g/mol. The fourth-order valence-electron chi connectivity index (χ4n) is 0.476. The molecule has 2 unspecified atom stereocenters. The van der Waals surface area contributed by atoms with Crippen molar-refractivity contribution in [2.75, 3.05) is 0 Å². The van der Waals surface area contributed by atoms with E-state index in [2.05, 4.69) is 5.92 Å². The van der Waals surface area contributed by atoms with E-state index in [-0.39, 0.29) is 12.0 Å². The minimum Gasteiger partial charge on any atom is -0.379 e. The Morgan fingerprint density at radius 2 is 2.00 bits per heavy atom. The highest BCUT2D eigenvalue weighted by Gasteiger charge is 2.14. The summed E-state index contributed by atoms with van der Waals surface area (Å²) in [4.78, 5) is 0. The number of aliphatic hydroxyl groups excluding tert-OH is 1. The first kappa shape index (κ1) is 8.48. The van der Waals surface area contributed by atoms with Gasteiger partial charge in [0.05, 0.1) is 0 Å². The van der Waals surface area contributed by atoms with E-state index in [1.54, 1.807) is 0 Å². The van der Waals surface area contributed by atoms with Gasteiger partial charge >= 0.3 is 0 Å². The zero-order chi connectivity index (χ0) is 7.44. The van der Waals surface area contributed by atoms with Crippen LogP contribution in [0.5, 0.6) is 0 Å². The van der Waals surface area contributed by atoms with Crippen LogP contribution in [0, 0.1) is 18.3 Å². The molecule has 0 aliphatic heterocycles. The predicted molar refractivity (Wildman–Crippen MR) is 37.7 cm³/mol. The normalized spacial score (nSPS) is 16.9. The number of aliphatic hydroxyl groups is 1. The summed E-state index contributed by atoms with van der Waals surface area (Å²) >= 11 is 0. The summed E-state index contributed by atoms with van der Waals surface area (Å²) in [6.07, 6.45) is 4.13. The Balaban J connectivity index is 3.76. The van der Waals surface area contributed by atoms with E-state index in [1.165, 1.54) is 0 Å². The second kappa shape index (κ2) is 3.49. The molecular formula is C7H13NO. The topological polar surface area (TPSA) is 46.2 Å². The van der Waals surface area contributed by atoms with E-state index < -0.39 is 6.10 Å². The van der Waals surface area contributed by atoms with E-state index in [1.807, 2.05) is 13.8 Å². The molecule has 0 saturated heterocycles. The van der Waals surface area contributed by atoms with Gasteiger partial charge in [0.25, 0.3) is 0 Å². The smallest absolute Gasteiger partial charge is 0.129 e. The van der Waals surface area contributed by atoms with Crippen molar-refractivity contribution in [3.8, 4) is 12.3 Å². The summed E-state index contributed by atoms with van der Waals surface area (Å²) in [5, 5.41) is 8.94. The molecule has 52 valence electrons. The fraction of sp³-hybridized carbons (Fsp3) is 0.714. The minimum atomic E-state index is -0.801. The molecule has 3 N–H and O–H groups in total. The lowest BCUT2D eigenvalue weighted by molar-refractivity contribution is 0.177. The third-order valence-corrected chi connectivity index (χ3v) is 1.31. The monoisotopic (exact) mass is 127 g/mol. The van der Waals surface area contributed by atoms with Crippen LogP contribution in [0.1, 0.15) is 13.8 Å².